The predicted octanol–water partition coefficient (Wildman–Crippen LogP) is 4.35. The molecule has 0 bridgehead atoms. The monoisotopic (exact) mass is 428 g/mol. The topological polar surface area (TPSA) is 93.1 Å². The van der Waals surface area contributed by atoms with Gasteiger partial charge >= 0.3 is 11.9 Å². The Morgan fingerprint density at radius 2 is 1.19 bits per heavy atom. The van der Waals surface area contributed by atoms with Crippen molar-refractivity contribution in [3.63, 3.8) is 0 Å². The van der Waals surface area contributed by atoms with Gasteiger partial charge in [0.05, 0.1) is 23.3 Å². The number of carbonyl (C=O) groups is 2. The third kappa shape index (κ3) is 7.19. The van der Waals surface area contributed by atoms with E-state index in [1.807, 2.05) is 6.92 Å². The number of hydrogen-bond donors (Lipinski definition) is 2. The zero-order valence-electron chi connectivity index (χ0n) is 18.4. The number of carbonyl (C=O) groups excluding carboxylic acids is 2. The summed E-state index contributed by atoms with van der Waals surface area (Å²) in [5.41, 5.74) is -0.0852. The van der Waals surface area contributed by atoms with Crippen molar-refractivity contribution in [2.24, 2.45) is 5.41 Å². The molecule has 0 saturated heterocycles. The summed E-state index contributed by atoms with van der Waals surface area (Å²) < 4.78 is 10.9. The van der Waals surface area contributed by atoms with Crippen LogP contribution < -0.4 is 0 Å². The predicted molar refractivity (Wildman–Crippen MR) is 117 cm³/mol. The second-order valence-electron chi connectivity index (χ2n) is 8.19. The fourth-order valence-electron chi connectivity index (χ4n) is 3.20. The van der Waals surface area contributed by atoms with Crippen molar-refractivity contribution in [3.8, 4) is 0 Å². The van der Waals surface area contributed by atoms with E-state index < -0.39 is 35.9 Å². The second-order valence-corrected chi connectivity index (χ2v) is 8.19. The number of esters is 2. The number of aliphatic hydroxyl groups excluding tert-OH is 2. The lowest BCUT2D eigenvalue weighted by Crippen LogP contribution is -2.41. The Morgan fingerprint density at radius 3 is 1.61 bits per heavy atom. The van der Waals surface area contributed by atoms with Crippen molar-refractivity contribution in [2.45, 2.75) is 65.0 Å². The molecular weight excluding hydrogens is 396 g/mol. The van der Waals surface area contributed by atoms with Gasteiger partial charge in [-0.25, -0.2) is 9.59 Å². The van der Waals surface area contributed by atoms with Gasteiger partial charge in [-0.05, 0) is 37.1 Å². The second kappa shape index (κ2) is 11.6. The van der Waals surface area contributed by atoms with Crippen LogP contribution in [0.4, 0.5) is 0 Å². The van der Waals surface area contributed by atoms with Crippen molar-refractivity contribution < 1.29 is 29.3 Å². The Balaban J connectivity index is 2.09. The van der Waals surface area contributed by atoms with Crippen molar-refractivity contribution in [3.05, 3.63) is 71.8 Å². The molecule has 0 heterocycles. The average Bonchev–Trinajstić information content (AvgIpc) is 2.78. The Labute approximate surface area is 183 Å². The molecule has 2 atom stereocenters. The highest BCUT2D eigenvalue weighted by Crippen LogP contribution is 2.31. The van der Waals surface area contributed by atoms with Gasteiger partial charge in [-0.2, -0.15) is 0 Å². The molecule has 0 aromatic heterocycles. The fraction of sp³-hybridized carbons (Fsp3) is 0.440. The largest absolute Gasteiger partial charge is 0.422 e. The Bertz CT molecular complexity index is 765. The van der Waals surface area contributed by atoms with Crippen molar-refractivity contribution in [1.29, 1.82) is 0 Å². The molecule has 2 aromatic carbocycles. The van der Waals surface area contributed by atoms with Gasteiger partial charge in [0.25, 0.3) is 0 Å². The molecule has 0 spiro atoms. The number of aliphatic hydroxyl groups is 2. The van der Waals surface area contributed by atoms with E-state index in [4.69, 9.17) is 9.47 Å². The van der Waals surface area contributed by atoms with Gasteiger partial charge < -0.3 is 19.7 Å². The maximum atomic E-state index is 12.5. The summed E-state index contributed by atoms with van der Waals surface area (Å²) in [6.07, 6.45) is -1.08. The number of ether oxygens (including phenoxy) is 2. The molecule has 2 unspecified atom stereocenters. The lowest BCUT2D eigenvalue weighted by Gasteiger charge is -2.35. The highest BCUT2D eigenvalue weighted by atomic mass is 16.7. The maximum Gasteiger partial charge on any atom is 0.341 e. The number of hydrogen-bond acceptors (Lipinski definition) is 6. The average molecular weight is 429 g/mol. The minimum Gasteiger partial charge on any atom is -0.422 e. The smallest absolute Gasteiger partial charge is 0.341 e. The summed E-state index contributed by atoms with van der Waals surface area (Å²) in [5, 5.41) is 21.1. The van der Waals surface area contributed by atoms with E-state index in [2.05, 4.69) is 0 Å². The lowest BCUT2D eigenvalue weighted by molar-refractivity contribution is -0.0998. The molecule has 2 rings (SSSR count). The van der Waals surface area contributed by atoms with Crippen LogP contribution in [0.15, 0.2) is 60.7 Å². The summed E-state index contributed by atoms with van der Waals surface area (Å²) in [7, 11) is 0. The van der Waals surface area contributed by atoms with Crippen LogP contribution in [0.5, 0.6) is 0 Å². The van der Waals surface area contributed by atoms with Crippen LogP contribution in [0.25, 0.3) is 0 Å². The first-order valence-corrected chi connectivity index (χ1v) is 10.6. The first kappa shape index (κ1) is 24.6. The minimum atomic E-state index is -1.17. The van der Waals surface area contributed by atoms with Crippen molar-refractivity contribution >= 4 is 11.9 Å². The molecule has 0 aliphatic rings. The van der Waals surface area contributed by atoms with Gasteiger partial charge in [0.2, 0.25) is 6.29 Å². The van der Waals surface area contributed by atoms with Gasteiger partial charge in [-0.15, -0.1) is 0 Å². The lowest BCUT2D eigenvalue weighted by atomic mass is 9.77. The molecule has 31 heavy (non-hydrogen) atoms. The van der Waals surface area contributed by atoms with Crippen molar-refractivity contribution in [1.82, 2.24) is 0 Å². The molecule has 6 heteroatoms. The Kier molecular flexibility index (Phi) is 9.21. The van der Waals surface area contributed by atoms with Gasteiger partial charge in [0.15, 0.2) is 0 Å². The van der Waals surface area contributed by atoms with E-state index in [-0.39, 0.29) is 12.8 Å². The molecule has 0 fully saturated rings. The standard InChI is InChI=1S/C25H32O6/c1-4-11-20(26)25(2,3)21(27)16-17-22(30-23(28)18-12-7-5-8-13-18)31-24(29)19-14-9-6-10-15-19/h5-10,12-15,20-22,26-27H,4,11,16-17H2,1-3H3. The van der Waals surface area contributed by atoms with Gasteiger partial charge in [0, 0.05) is 11.8 Å². The molecule has 2 N–H and O–H groups in total. The quantitative estimate of drug-likeness (QED) is 0.408. The van der Waals surface area contributed by atoms with E-state index in [0.29, 0.717) is 17.5 Å². The SMILES string of the molecule is CCCC(O)C(C)(C)C(O)CCC(OC(=O)c1ccccc1)OC(=O)c1ccccc1. The van der Waals surface area contributed by atoms with Crippen LogP contribution in [-0.4, -0.2) is 40.6 Å². The molecule has 0 amide bonds. The first-order chi connectivity index (χ1) is 14.8. The van der Waals surface area contributed by atoms with Gasteiger partial charge in [-0.1, -0.05) is 63.6 Å². The fourth-order valence-corrected chi connectivity index (χ4v) is 3.20. The molecule has 0 radical (unpaired) electrons. The zero-order valence-corrected chi connectivity index (χ0v) is 18.4. The Hall–Kier alpha value is -2.70. The molecule has 0 saturated carbocycles. The van der Waals surface area contributed by atoms with E-state index >= 15 is 0 Å². The summed E-state index contributed by atoms with van der Waals surface area (Å²) in [5.74, 6) is -1.24. The molecular formula is C25H32O6. The summed E-state index contributed by atoms with van der Waals surface area (Å²) in [6.45, 7) is 5.55. The van der Waals surface area contributed by atoms with E-state index in [1.165, 1.54) is 0 Å². The molecule has 6 nitrogen and oxygen atoms in total. The molecule has 0 aliphatic carbocycles. The summed E-state index contributed by atoms with van der Waals surface area (Å²) in [4.78, 5) is 25.0. The van der Waals surface area contributed by atoms with Crippen LogP contribution in [0.3, 0.4) is 0 Å². The van der Waals surface area contributed by atoms with E-state index in [0.717, 1.165) is 6.42 Å². The van der Waals surface area contributed by atoms with Crippen LogP contribution in [-0.2, 0) is 9.47 Å². The van der Waals surface area contributed by atoms with Crippen molar-refractivity contribution in [2.75, 3.05) is 0 Å². The van der Waals surface area contributed by atoms with Crippen LogP contribution >= 0.6 is 0 Å². The summed E-state index contributed by atoms with van der Waals surface area (Å²) in [6, 6.07) is 16.8. The van der Waals surface area contributed by atoms with Crippen LogP contribution in [0.1, 0.15) is 67.2 Å². The Morgan fingerprint density at radius 1 is 0.774 bits per heavy atom. The van der Waals surface area contributed by atoms with Crippen LogP contribution in [0.2, 0.25) is 0 Å². The van der Waals surface area contributed by atoms with Crippen LogP contribution in [0, 0.1) is 5.41 Å². The number of rotatable bonds is 11. The zero-order chi connectivity index (χ0) is 22.9. The number of benzene rings is 2. The molecule has 2 aromatic rings. The van der Waals surface area contributed by atoms with E-state index in [1.54, 1.807) is 74.5 Å². The highest BCUT2D eigenvalue weighted by Gasteiger charge is 2.35. The molecule has 0 aliphatic heterocycles. The third-order valence-electron chi connectivity index (χ3n) is 5.45. The summed E-state index contributed by atoms with van der Waals surface area (Å²) >= 11 is 0. The highest BCUT2D eigenvalue weighted by molar-refractivity contribution is 5.90. The maximum absolute atomic E-state index is 12.5. The molecule has 168 valence electrons. The third-order valence-corrected chi connectivity index (χ3v) is 5.45. The first-order valence-electron chi connectivity index (χ1n) is 10.6. The minimum absolute atomic E-state index is 0.0978. The van der Waals surface area contributed by atoms with E-state index in [9.17, 15) is 19.8 Å². The van der Waals surface area contributed by atoms with Gasteiger partial charge in [-0.3, -0.25) is 0 Å². The van der Waals surface area contributed by atoms with Gasteiger partial charge in [0.1, 0.15) is 0 Å². The normalized spacial score (nSPS) is 13.5.